The van der Waals surface area contributed by atoms with Crippen molar-refractivity contribution in [1.82, 2.24) is 0 Å². The molecule has 0 aromatic heterocycles. The predicted molar refractivity (Wildman–Crippen MR) is 91.6 cm³/mol. The molecule has 6 nitrogen and oxygen atoms in total. The highest BCUT2D eigenvalue weighted by Gasteiger charge is 2.21. The van der Waals surface area contributed by atoms with E-state index in [1.165, 1.54) is 0 Å². The van der Waals surface area contributed by atoms with Crippen LogP contribution in [0.15, 0.2) is 48.5 Å². The Labute approximate surface area is 145 Å². The number of anilines is 1. The first kappa shape index (κ1) is 16.8. The van der Waals surface area contributed by atoms with E-state index in [0.717, 1.165) is 5.56 Å². The van der Waals surface area contributed by atoms with Gasteiger partial charge in [-0.1, -0.05) is 37.3 Å². The summed E-state index contributed by atoms with van der Waals surface area (Å²) in [6, 6.07) is 14.5. The van der Waals surface area contributed by atoms with Crippen molar-refractivity contribution in [1.29, 1.82) is 0 Å². The molecule has 1 atom stereocenters. The predicted octanol–water partition coefficient (Wildman–Crippen LogP) is 3.09. The largest absolute Gasteiger partial charge is 0.455 e. The molecule has 0 fully saturated rings. The maximum Gasteiger partial charge on any atom is 0.313 e. The number of hydrogen-bond donors (Lipinski definition) is 1. The lowest BCUT2D eigenvalue weighted by Gasteiger charge is -2.14. The summed E-state index contributed by atoms with van der Waals surface area (Å²) in [6.07, 6.45) is 0.604. The van der Waals surface area contributed by atoms with Crippen LogP contribution >= 0.6 is 0 Å². The Balaban J connectivity index is 1.54. The second kappa shape index (κ2) is 7.70. The first-order valence-corrected chi connectivity index (χ1v) is 8.08. The lowest BCUT2D eigenvalue weighted by Crippen LogP contribution is -2.23. The van der Waals surface area contributed by atoms with Crippen molar-refractivity contribution in [2.24, 2.45) is 0 Å². The number of nitrogens with one attached hydrogen (secondary N) is 1. The molecule has 0 bridgehead atoms. The van der Waals surface area contributed by atoms with E-state index in [9.17, 15) is 9.59 Å². The second-order valence-electron chi connectivity index (χ2n) is 5.60. The third kappa shape index (κ3) is 4.09. The zero-order valence-electron chi connectivity index (χ0n) is 13.9. The minimum atomic E-state index is -0.408. The Hall–Kier alpha value is -3.02. The molecule has 0 radical (unpaired) electrons. The van der Waals surface area contributed by atoms with Crippen molar-refractivity contribution in [3.63, 3.8) is 0 Å². The van der Waals surface area contributed by atoms with Crippen molar-refractivity contribution < 1.29 is 23.8 Å². The molecular formula is C19H19NO5. The van der Waals surface area contributed by atoms with Crippen molar-refractivity contribution in [3.05, 3.63) is 54.1 Å². The molecule has 2 aromatic rings. The fourth-order valence-corrected chi connectivity index (χ4v) is 2.63. The Morgan fingerprint density at radius 3 is 2.64 bits per heavy atom. The molecule has 1 aliphatic heterocycles. The number of benzene rings is 2. The maximum atomic E-state index is 12.2. The third-order valence-electron chi connectivity index (χ3n) is 3.90. The van der Waals surface area contributed by atoms with Gasteiger partial charge in [-0.05, 0) is 24.1 Å². The van der Waals surface area contributed by atoms with Crippen molar-refractivity contribution in [2.45, 2.75) is 19.3 Å². The van der Waals surface area contributed by atoms with Crippen molar-refractivity contribution in [2.75, 3.05) is 18.7 Å². The first-order valence-electron chi connectivity index (χ1n) is 8.08. The van der Waals surface area contributed by atoms with E-state index < -0.39 is 11.9 Å². The van der Waals surface area contributed by atoms with Gasteiger partial charge >= 0.3 is 5.97 Å². The first-order chi connectivity index (χ1) is 12.2. The second-order valence-corrected chi connectivity index (χ2v) is 5.60. The van der Waals surface area contributed by atoms with Crippen LogP contribution in [0.5, 0.6) is 11.5 Å². The van der Waals surface area contributed by atoms with Crippen LogP contribution in [0.2, 0.25) is 0 Å². The van der Waals surface area contributed by atoms with Crippen LogP contribution in [0.4, 0.5) is 5.69 Å². The van der Waals surface area contributed by atoms with Gasteiger partial charge in [-0.3, -0.25) is 9.59 Å². The molecule has 0 unspecified atom stereocenters. The van der Waals surface area contributed by atoms with E-state index >= 15 is 0 Å². The molecule has 0 saturated heterocycles. The van der Waals surface area contributed by atoms with Crippen LogP contribution in [0.3, 0.4) is 0 Å². The van der Waals surface area contributed by atoms with E-state index in [2.05, 4.69) is 5.32 Å². The standard InChI is InChI=1S/C19H19NO5/c1-2-15(13-6-4-3-5-7-13)19(22)23-11-18(21)20-14-8-9-16-17(10-14)25-12-24-16/h3-10,15H,2,11-12H2,1H3,(H,20,21)/t15-/m1/s1. The van der Waals surface area contributed by atoms with Gasteiger partial charge in [0.1, 0.15) is 0 Å². The SMILES string of the molecule is CC[C@@H](C(=O)OCC(=O)Nc1ccc2c(c1)OCO2)c1ccccc1. The van der Waals surface area contributed by atoms with Crippen LogP contribution < -0.4 is 14.8 Å². The number of rotatable bonds is 6. The van der Waals surface area contributed by atoms with E-state index in [-0.39, 0.29) is 19.3 Å². The Morgan fingerprint density at radius 1 is 1.12 bits per heavy atom. The van der Waals surface area contributed by atoms with Gasteiger partial charge in [0, 0.05) is 11.8 Å². The van der Waals surface area contributed by atoms with Crippen LogP contribution in [0.1, 0.15) is 24.8 Å². The van der Waals surface area contributed by atoms with E-state index in [0.29, 0.717) is 23.6 Å². The number of fused-ring (bicyclic) bond motifs is 1. The maximum absolute atomic E-state index is 12.2. The van der Waals surface area contributed by atoms with Crippen molar-refractivity contribution >= 4 is 17.6 Å². The molecule has 0 spiro atoms. The average molecular weight is 341 g/mol. The normalized spacial score (nSPS) is 13.2. The van der Waals surface area contributed by atoms with Gasteiger partial charge in [-0.15, -0.1) is 0 Å². The van der Waals surface area contributed by atoms with E-state index in [1.807, 2.05) is 37.3 Å². The highest BCUT2D eigenvalue weighted by molar-refractivity contribution is 5.93. The highest BCUT2D eigenvalue weighted by Crippen LogP contribution is 2.34. The topological polar surface area (TPSA) is 73.9 Å². The molecule has 1 aliphatic rings. The van der Waals surface area contributed by atoms with E-state index in [1.54, 1.807) is 18.2 Å². The Bertz CT molecular complexity index is 760. The minimum absolute atomic E-state index is 0.169. The summed E-state index contributed by atoms with van der Waals surface area (Å²) in [4.78, 5) is 24.3. The highest BCUT2D eigenvalue weighted by atomic mass is 16.7. The van der Waals surface area contributed by atoms with Gasteiger partial charge in [0.05, 0.1) is 5.92 Å². The molecular weight excluding hydrogens is 322 g/mol. The third-order valence-corrected chi connectivity index (χ3v) is 3.90. The average Bonchev–Trinajstić information content (AvgIpc) is 3.09. The van der Waals surface area contributed by atoms with Crippen molar-refractivity contribution in [3.8, 4) is 11.5 Å². The van der Waals surface area contributed by atoms with Crippen LogP contribution in [0.25, 0.3) is 0 Å². The molecule has 6 heteroatoms. The summed E-state index contributed by atoms with van der Waals surface area (Å²) in [7, 11) is 0. The summed E-state index contributed by atoms with van der Waals surface area (Å²) >= 11 is 0. The lowest BCUT2D eigenvalue weighted by molar-refractivity contribution is -0.149. The van der Waals surface area contributed by atoms with E-state index in [4.69, 9.17) is 14.2 Å². The zero-order valence-corrected chi connectivity index (χ0v) is 13.9. The number of amides is 1. The molecule has 3 rings (SSSR count). The molecule has 0 saturated carbocycles. The van der Waals surface area contributed by atoms with Gasteiger partial charge in [0.2, 0.25) is 6.79 Å². The summed E-state index contributed by atoms with van der Waals surface area (Å²) in [5, 5.41) is 2.67. The smallest absolute Gasteiger partial charge is 0.313 e. The van der Waals surface area contributed by atoms with Gasteiger partial charge in [0.15, 0.2) is 18.1 Å². The van der Waals surface area contributed by atoms with Gasteiger partial charge in [0.25, 0.3) is 5.91 Å². The van der Waals surface area contributed by atoms with Crippen LogP contribution in [0, 0.1) is 0 Å². The molecule has 25 heavy (non-hydrogen) atoms. The van der Waals surface area contributed by atoms with Gasteiger partial charge < -0.3 is 19.5 Å². The number of hydrogen-bond acceptors (Lipinski definition) is 5. The summed E-state index contributed by atoms with van der Waals surface area (Å²) in [5.74, 6) is 0.0206. The Morgan fingerprint density at radius 2 is 1.88 bits per heavy atom. The van der Waals surface area contributed by atoms with Crippen LogP contribution in [-0.4, -0.2) is 25.3 Å². The molecule has 1 amide bonds. The summed E-state index contributed by atoms with van der Waals surface area (Å²) in [5.41, 5.74) is 1.44. The van der Waals surface area contributed by atoms with Crippen LogP contribution in [-0.2, 0) is 14.3 Å². The lowest BCUT2D eigenvalue weighted by atomic mass is 9.97. The monoisotopic (exact) mass is 341 g/mol. The molecule has 2 aromatic carbocycles. The number of esters is 1. The quantitative estimate of drug-likeness (QED) is 0.817. The molecule has 1 N–H and O–H groups in total. The fourth-order valence-electron chi connectivity index (χ4n) is 2.63. The molecule has 0 aliphatic carbocycles. The summed E-state index contributed by atoms with van der Waals surface area (Å²) < 4.78 is 15.6. The molecule has 1 heterocycles. The number of carbonyl (C=O) groups excluding carboxylic acids is 2. The zero-order chi connectivity index (χ0) is 17.6. The Kier molecular flexibility index (Phi) is 5.18. The number of carbonyl (C=O) groups is 2. The summed E-state index contributed by atoms with van der Waals surface area (Å²) in [6.45, 7) is 1.74. The molecule has 130 valence electrons. The minimum Gasteiger partial charge on any atom is -0.455 e. The van der Waals surface area contributed by atoms with Gasteiger partial charge in [-0.2, -0.15) is 0 Å². The fraction of sp³-hybridized carbons (Fsp3) is 0.263. The number of ether oxygens (including phenoxy) is 3. The van der Waals surface area contributed by atoms with Gasteiger partial charge in [-0.25, -0.2) is 0 Å².